The Morgan fingerprint density at radius 1 is 0.809 bits per heavy atom. The predicted octanol–water partition coefficient (Wildman–Crippen LogP) is 6.67. The maximum Gasteiger partial charge on any atom is 0.264 e. The van der Waals surface area contributed by atoms with Crippen LogP contribution in [0.15, 0.2) is 114 Å². The SMILES string of the molecule is CCc1ccccc1N(CC(=O)N(Cc1ccccc1F)[C@H](Cc1ccccc1)C(=O)NC1CCCCC1)S(=O)(=O)c1ccccc1. The van der Waals surface area contributed by atoms with Crippen molar-refractivity contribution in [1.29, 1.82) is 0 Å². The Kier molecular flexibility index (Phi) is 11.4. The van der Waals surface area contributed by atoms with Gasteiger partial charge in [-0.15, -0.1) is 0 Å². The molecule has 7 nitrogen and oxygen atoms in total. The van der Waals surface area contributed by atoms with Crippen LogP contribution in [0.5, 0.6) is 0 Å². The van der Waals surface area contributed by atoms with E-state index in [1.165, 1.54) is 23.1 Å². The van der Waals surface area contributed by atoms with E-state index in [-0.39, 0.29) is 35.4 Å². The van der Waals surface area contributed by atoms with Gasteiger partial charge in [0.15, 0.2) is 0 Å². The molecule has 0 spiro atoms. The molecule has 47 heavy (non-hydrogen) atoms. The number of hydrogen-bond acceptors (Lipinski definition) is 4. The first-order chi connectivity index (χ1) is 22.8. The third-order valence-corrected chi connectivity index (χ3v) is 10.5. The molecule has 0 unspecified atom stereocenters. The Hall–Kier alpha value is -4.50. The maximum atomic E-state index is 15.2. The van der Waals surface area contributed by atoms with Gasteiger partial charge in [0.2, 0.25) is 11.8 Å². The fourth-order valence-corrected chi connectivity index (χ4v) is 7.67. The van der Waals surface area contributed by atoms with E-state index in [1.54, 1.807) is 48.5 Å². The van der Waals surface area contributed by atoms with Gasteiger partial charge in [-0.3, -0.25) is 13.9 Å². The molecule has 1 N–H and O–H groups in total. The van der Waals surface area contributed by atoms with Crippen LogP contribution in [-0.2, 0) is 39.0 Å². The normalized spacial score (nSPS) is 14.3. The molecule has 1 saturated carbocycles. The summed E-state index contributed by atoms with van der Waals surface area (Å²) in [6.45, 7) is 1.13. The van der Waals surface area contributed by atoms with Crippen molar-refractivity contribution < 1.29 is 22.4 Å². The van der Waals surface area contributed by atoms with Gasteiger partial charge >= 0.3 is 0 Å². The monoisotopic (exact) mass is 655 g/mol. The molecule has 1 aliphatic rings. The van der Waals surface area contributed by atoms with Gasteiger partial charge in [-0.25, -0.2) is 12.8 Å². The molecule has 0 heterocycles. The van der Waals surface area contributed by atoms with E-state index in [0.29, 0.717) is 12.1 Å². The highest BCUT2D eigenvalue weighted by molar-refractivity contribution is 7.92. The lowest BCUT2D eigenvalue weighted by Crippen LogP contribution is -2.55. The van der Waals surface area contributed by atoms with Crippen LogP contribution in [-0.4, -0.2) is 43.8 Å². The Bertz CT molecular complexity index is 1750. The van der Waals surface area contributed by atoms with Gasteiger partial charge < -0.3 is 10.2 Å². The number of halogens is 1. The molecule has 0 saturated heterocycles. The molecule has 0 bridgehead atoms. The number of nitrogens with zero attached hydrogens (tertiary/aromatic N) is 2. The molecular formula is C38H42FN3O4S. The molecule has 0 aliphatic heterocycles. The first-order valence-electron chi connectivity index (χ1n) is 16.3. The summed E-state index contributed by atoms with van der Waals surface area (Å²) in [6, 6.07) is 29.5. The maximum absolute atomic E-state index is 15.2. The van der Waals surface area contributed by atoms with Crippen LogP contribution in [0.1, 0.15) is 55.7 Å². The second kappa shape index (κ2) is 15.9. The molecule has 4 aromatic carbocycles. The standard InChI is InChI=1S/C38H42FN3O4S/c1-2-30-18-13-15-25-35(30)42(47(45,46)33-22-10-5-11-23-33)28-37(43)41(27-31-19-12-14-24-34(31)39)36(26-29-16-6-3-7-17-29)38(44)40-32-20-8-4-9-21-32/h3,5-7,10-19,22-25,32,36H,2,4,8-9,20-21,26-28H2,1H3,(H,40,44)/t36-/m1/s1. The van der Waals surface area contributed by atoms with E-state index in [4.69, 9.17) is 0 Å². The van der Waals surface area contributed by atoms with Gasteiger partial charge in [-0.2, -0.15) is 0 Å². The van der Waals surface area contributed by atoms with Gasteiger partial charge in [0.1, 0.15) is 18.4 Å². The highest BCUT2D eigenvalue weighted by Gasteiger charge is 2.36. The molecule has 0 aromatic heterocycles. The van der Waals surface area contributed by atoms with Crippen LogP contribution in [0.2, 0.25) is 0 Å². The second-order valence-corrected chi connectivity index (χ2v) is 13.8. The van der Waals surface area contributed by atoms with Gasteiger partial charge in [-0.05, 0) is 54.7 Å². The minimum atomic E-state index is -4.21. The first-order valence-corrected chi connectivity index (χ1v) is 17.7. The summed E-state index contributed by atoms with van der Waals surface area (Å²) in [5, 5.41) is 3.18. The van der Waals surface area contributed by atoms with E-state index >= 15 is 4.39 Å². The number of aryl methyl sites for hydroxylation is 1. The second-order valence-electron chi connectivity index (χ2n) is 12.0. The number of rotatable bonds is 13. The van der Waals surface area contributed by atoms with Crippen molar-refractivity contribution in [3.63, 3.8) is 0 Å². The van der Waals surface area contributed by atoms with Crippen molar-refractivity contribution in [3.8, 4) is 0 Å². The van der Waals surface area contributed by atoms with Gasteiger partial charge in [0.05, 0.1) is 10.6 Å². The molecule has 0 radical (unpaired) electrons. The average molecular weight is 656 g/mol. The van der Waals surface area contributed by atoms with Crippen molar-refractivity contribution >= 4 is 27.5 Å². The van der Waals surface area contributed by atoms with Crippen molar-refractivity contribution in [2.75, 3.05) is 10.8 Å². The summed E-state index contributed by atoms with van der Waals surface area (Å²) >= 11 is 0. The van der Waals surface area contributed by atoms with Gasteiger partial charge in [0.25, 0.3) is 10.0 Å². The van der Waals surface area contributed by atoms with E-state index in [0.717, 1.165) is 47.5 Å². The fraction of sp³-hybridized carbons (Fsp3) is 0.316. The van der Waals surface area contributed by atoms with Crippen molar-refractivity contribution in [3.05, 3.63) is 132 Å². The van der Waals surface area contributed by atoms with Crippen LogP contribution in [0.3, 0.4) is 0 Å². The molecule has 5 rings (SSSR count). The minimum absolute atomic E-state index is 0.0219. The zero-order valence-electron chi connectivity index (χ0n) is 26.7. The highest BCUT2D eigenvalue weighted by Crippen LogP contribution is 2.29. The number of amides is 2. The Morgan fingerprint density at radius 3 is 2.06 bits per heavy atom. The van der Waals surface area contributed by atoms with Crippen molar-refractivity contribution in [1.82, 2.24) is 10.2 Å². The van der Waals surface area contributed by atoms with Gasteiger partial charge in [0, 0.05) is 24.6 Å². The number of sulfonamides is 1. The lowest BCUT2D eigenvalue weighted by molar-refractivity contribution is -0.140. The Morgan fingerprint density at radius 2 is 1.40 bits per heavy atom. The van der Waals surface area contributed by atoms with Crippen molar-refractivity contribution in [2.24, 2.45) is 0 Å². The lowest BCUT2D eigenvalue weighted by Gasteiger charge is -2.35. The van der Waals surface area contributed by atoms with Crippen molar-refractivity contribution in [2.45, 2.75) is 75.4 Å². The first kappa shape index (κ1) is 33.9. The van der Waals surface area contributed by atoms with Crippen LogP contribution in [0.25, 0.3) is 0 Å². The number of anilines is 1. The number of benzene rings is 4. The molecule has 246 valence electrons. The third kappa shape index (κ3) is 8.46. The minimum Gasteiger partial charge on any atom is -0.352 e. The molecule has 9 heteroatoms. The smallest absolute Gasteiger partial charge is 0.264 e. The quantitative estimate of drug-likeness (QED) is 0.174. The topological polar surface area (TPSA) is 86.8 Å². The van der Waals surface area contributed by atoms with Crippen LogP contribution < -0.4 is 9.62 Å². The third-order valence-electron chi connectivity index (χ3n) is 8.77. The molecule has 1 aliphatic carbocycles. The van der Waals surface area contributed by atoms with E-state index in [1.807, 2.05) is 49.4 Å². The van der Waals surface area contributed by atoms with Crippen LogP contribution in [0, 0.1) is 5.82 Å². The highest BCUT2D eigenvalue weighted by atomic mass is 32.2. The lowest BCUT2D eigenvalue weighted by atomic mass is 9.94. The number of carbonyl (C=O) groups excluding carboxylic acids is 2. The summed E-state index contributed by atoms with van der Waals surface area (Å²) in [6.07, 6.45) is 5.54. The van der Waals surface area contributed by atoms with E-state index in [2.05, 4.69) is 5.32 Å². The summed E-state index contributed by atoms with van der Waals surface area (Å²) in [5.41, 5.74) is 2.18. The molecule has 1 fully saturated rings. The number of nitrogens with one attached hydrogen (secondary N) is 1. The summed E-state index contributed by atoms with van der Waals surface area (Å²) in [7, 11) is -4.21. The zero-order chi connectivity index (χ0) is 33.2. The van der Waals surface area contributed by atoms with Crippen LogP contribution in [0.4, 0.5) is 10.1 Å². The molecule has 4 aromatic rings. The van der Waals surface area contributed by atoms with Gasteiger partial charge in [-0.1, -0.05) is 111 Å². The number of hydrogen-bond donors (Lipinski definition) is 1. The largest absolute Gasteiger partial charge is 0.352 e. The van der Waals surface area contributed by atoms with E-state index < -0.39 is 34.3 Å². The average Bonchev–Trinajstić information content (AvgIpc) is 3.10. The Labute approximate surface area is 277 Å². The summed E-state index contributed by atoms with van der Waals surface area (Å²) < 4.78 is 44.8. The molecule has 2 amide bonds. The summed E-state index contributed by atoms with van der Waals surface area (Å²) in [5.74, 6) is -1.46. The predicted molar refractivity (Wildman–Crippen MR) is 183 cm³/mol. The van der Waals surface area contributed by atoms with E-state index in [9.17, 15) is 18.0 Å². The fourth-order valence-electron chi connectivity index (χ4n) is 6.19. The summed E-state index contributed by atoms with van der Waals surface area (Å²) in [4.78, 5) is 30.2. The Balaban J connectivity index is 1.58. The van der Waals surface area contributed by atoms with Crippen LogP contribution >= 0.6 is 0 Å². The zero-order valence-corrected chi connectivity index (χ0v) is 27.5. The molecule has 1 atom stereocenters. The number of carbonyl (C=O) groups is 2. The number of para-hydroxylation sites is 1. The molecular weight excluding hydrogens is 614 g/mol.